The van der Waals surface area contributed by atoms with Crippen molar-refractivity contribution in [1.82, 2.24) is 0 Å². The van der Waals surface area contributed by atoms with Gasteiger partial charge in [0, 0.05) is 32.4 Å². The van der Waals surface area contributed by atoms with Gasteiger partial charge in [-0.05, 0) is 83.1 Å². The molecule has 6 rings (SSSR count). The summed E-state index contributed by atoms with van der Waals surface area (Å²) in [4.78, 5) is 4.81. The molecule has 4 aromatic carbocycles. The fourth-order valence-electron chi connectivity index (χ4n) is 7.91. The second kappa shape index (κ2) is 22.5. The van der Waals surface area contributed by atoms with E-state index in [4.69, 9.17) is 19.4 Å². The molecule has 54 heavy (non-hydrogen) atoms. The average Bonchev–Trinajstić information content (AvgIpc) is 3.77. The van der Waals surface area contributed by atoms with Gasteiger partial charge in [-0.2, -0.15) is 6.67 Å². The van der Waals surface area contributed by atoms with Crippen LogP contribution < -0.4 is 9.80 Å². The molecule has 4 aromatic rings. The molecule has 0 atom stereocenters. The van der Waals surface area contributed by atoms with E-state index >= 15 is 0 Å². The number of hydrogen-bond donors (Lipinski definition) is 0. The molecule has 0 N–H and O–H groups in total. The molecule has 0 unspecified atom stereocenters. The monoisotopic (exact) mass is 872 g/mol. The van der Waals surface area contributed by atoms with Crippen LogP contribution in [0.15, 0.2) is 84.9 Å². The molecule has 294 valence electrons. The first-order valence-electron chi connectivity index (χ1n) is 20.1. The van der Waals surface area contributed by atoms with Crippen LogP contribution in [-0.2, 0) is 13.5 Å². The summed E-state index contributed by atoms with van der Waals surface area (Å²) in [5.41, 5.74) is 15.7. The summed E-state index contributed by atoms with van der Waals surface area (Å²) in [6.07, 6.45) is 15.6. The zero-order valence-electron chi connectivity index (χ0n) is 34.4. The summed E-state index contributed by atoms with van der Waals surface area (Å²) in [5.74, 6) is 0. The molecule has 1 aliphatic heterocycles. The Hall–Kier alpha value is -2.28. The number of halogens is 2. The Morgan fingerprint density at radius 2 is 1.00 bits per heavy atom. The molecule has 0 bridgehead atoms. The van der Waals surface area contributed by atoms with Crippen LogP contribution in [0.3, 0.4) is 0 Å². The summed E-state index contributed by atoms with van der Waals surface area (Å²) in [5, 5.41) is 0. The minimum atomic E-state index is -1.88. The Bertz CT molecular complexity index is 1740. The van der Waals surface area contributed by atoms with E-state index in [1.54, 1.807) is 18.5 Å². The van der Waals surface area contributed by atoms with Crippen LogP contribution in [0.25, 0.3) is 5.57 Å². The van der Waals surface area contributed by atoms with Crippen molar-refractivity contribution in [1.29, 1.82) is 0 Å². The molecule has 1 fully saturated rings. The average molecular weight is 873 g/mol. The molecule has 0 saturated carbocycles. The van der Waals surface area contributed by atoms with Gasteiger partial charge in [-0.15, -0.1) is 0 Å². The van der Waals surface area contributed by atoms with Crippen molar-refractivity contribution in [3.05, 3.63) is 142 Å². The number of anilines is 2. The van der Waals surface area contributed by atoms with Crippen molar-refractivity contribution in [2.45, 2.75) is 101 Å². The zero-order valence-corrected chi connectivity index (χ0v) is 38.7. The summed E-state index contributed by atoms with van der Waals surface area (Å²) in [6, 6.07) is 27.8. The van der Waals surface area contributed by atoms with E-state index in [-0.39, 0.29) is 7.92 Å². The normalized spacial score (nSPS) is 13.7. The van der Waals surface area contributed by atoms with E-state index in [0.717, 1.165) is 17.2 Å². The fourth-order valence-corrected chi connectivity index (χ4v) is 13.7. The van der Waals surface area contributed by atoms with Crippen molar-refractivity contribution in [2.75, 3.05) is 41.4 Å². The molecule has 2 nitrogen and oxygen atoms in total. The Labute approximate surface area is 343 Å². The Morgan fingerprint density at radius 1 is 0.593 bits per heavy atom. The first-order valence-corrected chi connectivity index (χ1v) is 27.6. The molecule has 0 amide bonds. The second-order valence-electron chi connectivity index (χ2n) is 15.0. The number of hydrogen-bond acceptors (Lipinski definition) is 2. The van der Waals surface area contributed by atoms with E-state index in [1.165, 1.54) is 106 Å². The molecular formula is C48H65Cl2N2PRu. The maximum absolute atomic E-state index is 6.19. The van der Waals surface area contributed by atoms with Gasteiger partial charge < -0.3 is 9.80 Å². The number of unbranched alkanes of at least 4 members (excludes halogenated alkanes) is 3. The number of allylic oxidation sites excluding steroid dienone is 1. The van der Waals surface area contributed by atoms with Gasteiger partial charge in [0.1, 0.15) is 0 Å². The third kappa shape index (κ3) is 12.4. The Kier molecular flexibility index (Phi) is 18.5. The number of benzene rings is 4. The molecule has 1 heterocycles. The molecule has 1 saturated heterocycles. The Morgan fingerprint density at radius 3 is 1.41 bits per heavy atom. The van der Waals surface area contributed by atoms with Gasteiger partial charge in [-0.25, -0.2) is 0 Å². The predicted octanol–water partition coefficient (Wildman–Crippen LogP) is 14.2. The number of aryl methyl sites for hydroxylation is 6. The van der Waals surface area contributed by atoms with E-state index in [1.807, 2.05) is 24.3 Å². The van der Waals surface area contributed by atoms with Crippen LogP contribution in [0.1, 0.15) is 109 Å². The first-order chi connectivity index (χ1) is 26.0. The van der Waals surface area contributed by atoms with Crippen molar-refractivity contribution >= 4 is 48.4 Å². The van der Waals surface area contributed by atoms with E-state index < -0.39 is 13.5 Å². The van der Waals surface area contributed by atoms with Gasteiger partial charge in [-0.1, -0.05) is 75.4 Å². The second-order valence-corrected chi connectivity index (χ2v) is 23.9. The Balaban J connectivity index is 0.000000189. The predicted molar refractivity (Wildman–Crippen MR) is 244 cm³/mol. The molecule has 6 heteroatoms. The van der Waals surface area contributed by atoms with Crippen LogP contribution in [-0.4, -0.2) is 35.7 Å². The summed E-state index contributed by atoms with van der Waals surface area (Å²) < 4.78 is 1.12. The van der Waals surface area contributed by atoms with Crippen molar-refractivity contribution in [2.24, 2.45) is 0 Å². The topological polar surface area (TPSA) is 6.48 Å². The van der Waals surface area contributed by atoms with Gasteiger partial charge in [0.15, 0.2) is 0 Å². The number of nitrogens with zero attached hydrogens (tertiary/aromatic N) is 2. The van der Waals surface area contributed by atoms with Crippen LogP contribution >= 0.6 is 27.3 Å². The van der Waals surface area contributed by atoms with E-state index in [9.17, 15) is 0 Å². The minimum absolute atomic E-state index is 0.0675. The van der Waals surface area contributed by atoms with E-state index in [2.05, 4.69) is 139 Å². The standard InChI is InChI=1S/C21H27N2.C15H10.C12H27P.2ClH.Ru/c1-14-9-16(3)20(17(4)10-14)22-7-8-23(13-22)21-18(5)11-15(2)12-19(21)6;1-2-6-12(7-3-1)15-11-10-13-8-4-5-9-14(13)15;1-4-7-10-13(11-8-5-2)12-9-6-3;;;/h9-13H,7-8H2,1-6H3;1-9,11H;4-12H2,1-3H3;2*1H;/q-1;;;;;+2/p-1. The van der Waals surface area contributed by atoms with Gasteiger partial charge in [0.05, 0.1) is 18.5 Å². The molecule has 0 spiro atoms. The summed E-state index contributed by atoms with van der Waals surface area (Å²) >= 11 is -1.88. The fraction of sp³-hybridized carbons (Fsp3) is 0.417. The third-order valence-corrected chi connectivity index (χ3v) is 16.6. The third-order valence-electron chi connectivity index (χ3n) is 10.3. The summed E-state index contributed by atoms with van der Waals surface area (Å²) in [7, 11) is 12.5. The van der Waals surface area contributed by atoms with Crippen LogP contribution in [0, 0.1) is 48.2 Å². The molecule has 1 aliphatic carbocycles. The SMILES string of the molecule is CCCC[PH+](CCCC)CCCC.Cc1cc(C)c(N2[CH-]N(c3c(C)cc(C)cc3C)CC2)c(C)c1.[Cl][Ru]([Cl])=[C]1C=C(c2ccccc2)c2ccccc21. The van der Waals surface area contributed by atoms with Crippen molar-refractivity contribution < 1.29 is 13.5 Å². The van der Waals surface area contributed by atoms with E-state index in [0.29, 0.717) is 0 Å². The quantitative estimate of drug-likeness (QED) is 0.0795. The molecule has 2 aliphatic rings. The van der Waals surface area contributed by atoms with Crippen LogP contribution in [0.5, 0.6) is 0 Å². The zero-order chi connectivity index (χ0) is 39.2. The van der Waals surface area contributed by atoms with Crippen LogP contribution in [0.4, 0.5) is 11.4 Å². The van der Waals surface area contributed by atoms with Gasteiger partial charge in [-0.3, -0.25) is 0 Å². The van der Waals surface area contributed by atoms with Crippen molar-refractivity contribution in [3.8, 4) is 0 Å². The van der Waals surface area contributed by atoms with Crippen LogP contribution in [0.2, 0.25) is 0 Å². The van der Waals surface area contributed by atoms with Crippen molar-refractivity contribution in [3.63, 3.8) is 0 Å². The van der Waals surface area contributed by atoms with Gasteiger partial charge >= 0.3 is 120 Å². The summed E-state index contributed by atoms with van der Waals surface area (Å²) in [6.45, 7) is 24.5. The number of fused-ring (bicyclic) bond motifs is 1. The molecular weight excluding hydrogens is 807 g/mol. The van der Waals surface area contributed by atoms with Gasteiger partial charge in [0.2, 0.25) is 0 Å². The maximum atomic E-state index is 6.19. The molecule has 0 aromatic heterocycles. The van der Waals surface area contributed by atoms with Gasteiger partial charge in [0.25, 0.3) is 0 Å². The molecule has 0 radical (unpaired) electrons. The first kappa shape index (κ1) is 44.4. The number of rotatable bonds is 12.